The normalized spacial score (nSPS) is 15.4. The Balaban J connectivity index is 1.43. The highest BCUT2D eigenvalue weighted by atomic mass is 35.5. The van der Waals surface area contributed by atoms with Gasteiger partial charge in [0.15, 0.2) is 0 Å². The summed E-state index contributed by atoms with van der Waals surface area (Å²) in [6.07, 6.45) is 3.09. The van der Waals surface area contributed by atoms with E-state index >= 15 is 0 Å². The molecule has 0 saturated carbocycles. The van der Waals surface area contributed by atoms with Crippen LogP contribution in [0.1, 0.15) is 17.7 Å². The molecule has 2 aliphatic heterocycles. The monoisotopic (exact) mass is 562 g/mol. The van der Waals surface area contributed by atoms with E-state index in [4.69, 9.17) is 26.3 Å². The molecule has 0 N–H and O–H groups in total. The van der Waals surface area contributed by atoms with Gasteiger partial charge in [-0.3, -0.25) is 9.59 Å². The van der Waals surface area contributed by atoms with Crippen molar-refractivity contribution in [3.63, 3.8) is 0 Å². The van der Waals surface area contributed by atoms with Crippen LogP contribution in [0.5, 0.6) is 6.01 Å². The second-order valence-electron chi connectivity index (χ2n) is 10.3. The van der Waals surface area contributed by atoms with Crippen LogP contribution in [0, 0.1) is 0 Å². The molecule has 0 bridgehead atoms. The van der Waals surface area contributed by atoms with Crippen molar-refractivity contribution in [1.82, 2.24) is 19.8 Å². The molecule has 40 heavy (non-hydrogen) atoms. The molecule has 2 aliphatic rings. The molecule has 0 spiro atoms. The SMILES string of the molecule is C=CC(=O)N1CCN(c2nc(OCCC(=O)N(C)C)nc3c2CCN(c2cccc4cccc(Cl)c24)CC3)CC1. The van der Waals surface area contributed by atoms with Crippen LogP contribution in [-0.2, 0) is 22.4 Å². The number of rotatable bonds is 7. The zero-order valence-electron chi connectivity index (χ0n) is 23.1. The van der Waals surface area contributed by atoms with E-state index in [1.54, 1.807) is 23.9 Å². The maximum Gasteiger partial charge on any atom is 0.318 e. The van der Waals surface area contributed by atoms with Crippen molar-refractivity contribution >= 4 is 45.7 Å². The van der Waals surface area contributed by atoms with Gasteiger partial charge in [-0.25, -0.2) is 0 Å². The van der Waals surface area contributed by atoms with E-state index in [-0.39, 0.29) is 30.9 Å². The van der Waals surface area contributed by atoms with Gasteiger partial charge >= 0.3 is 6.01 Å². The fraction of sp³-hybridized carbons (Fsp3) is 0.400. The van der Waals surface area contributed by atoms with E-state index in [0.717, 1.165) is 58.1 Å². The van der Waals surface area contributed by atoms with Crippen LogP contribution >= 0.6 is 11.6 Å². The molecule has 0 unspecified atom stereocenters. The van der Waals surface area contributed by atoms with Gasteiger partial charge in [-0.05, 0) is 30.0 Å². The van der Waals surface area contributed by atoms with Gasteiger partial charge in [0, 0.05) is 76.4 Å². The van der Waals surface area contributed by atoms with Gasteiger partial charge in [0.1, 0.15) is 12.4 Å². The van der Waals surface area contributed by atoms with Crippen molar-refractivity contribution in [1.29, 1.82) is 0 Å². The van der Waals surface area contributed by atoms with Crippen LogP contribution in [0.4, 0.5) is 11.5 Å². The highest BCUT2D eigenvalue weighted by Crippen LogP contribution is 2.35. The number of benzene rings is 2. The lowest BCUT2D eigenvalue weighted by Gasteiger charge is -2.36. The van der Waals surface area contributed by atoms with Crippen LogP contribution in [0.15, 0.2) is 49.1 Å². The molecular weight excluding hydrogens is 528 g/mol. The predicted octanol–water partition coefficient (Wildman–Crippen LogP) is 3.58. The molecular formula is C30H35ClN6O3. The molecule has 3 heterocycles. The molecule has 9 nitrogen and oxygen atoms in total. The number of hydrogen-bond acceptors (Lipinski definition) is 7. The molecule has 1 saturated heterocycles. The highest BCUT2D eigenvalue weighted by Gasteiger charge is 2.27. The number of ether oxygens (including phenoxy) is 1. The Morgan fingerprint density at radius 3 is 2.45 bits per heavy atom. The lowest BCUT2D eigenvalue weighted by Crippen LogP contribution is -2.49. The summed E-state index contributed by atoms with van der Waals surface area (Å²) in [6.45, 7) is 7.89. The number of aromatic nitrogens is 2. The zero-order valence-corrected chi connectivity index (χ0v) is 23.9. The van der Waals surface area contributed by atoms with E-state index in [1.807, 2.05) is 12.1 Å². The molecule has 1 fully saturated rings. The van der Waals surface area contributed by atoms with Crippen molar-refractivity contribution in [2.45, 2.75) is 19.3 Å². The van der Waals surface area contributed by atoms with Crippen molar-refractivity contribution in [2.24, 2.45) is 0 Å². The molecule has 10 heteroatoms. The van der Waals surface area contributed by atoms with Crippen molar-refractivity contribution in [2.75, 3.05) is 69.8 Å². The Morgan fingerprint density at radius 1 is 1.00 bits per heavy atom. The van der Waals surface area contributed by atoms with E-state index < -0.39 is 0 Å². The number of nitrogens with zero attached hydrogens (tertiary/aromatic N) is 6. The molecule has 1 aromatic heterocycles. The summed E-state index contributed by atoms with van der Waals surface area (Å²) in [7, 11) is 3.45. The van der Waals surface area contributed by atoms with Crippen LogP contribution < -0.4 is 14.5 Å². The fourth-order valence-electron chi connectivity index (χ4n) is 5.39. The first-order valence-electron chi connectivity index (χ1n) is 13.7. The number of hydrogen-bond donors (Lipinski definition) is 0. The first kappa shape index (κ1) is 27.7. The average Bonchev–Trinajstić information content (AvgIpc) is 3.19. The second-order valence-corrected chi connectivity index (χ2v) is 10.7. The van der Waals surface area contributed by atoms with E-state index in [1.165, 1.54) is 6.08 Å². The minimum Gasteiger partial charge on any atom is -0.463 e. The standard InChI is InChI=1S/C30H35ClN6O3/c1-4-26(38)36-16-18-37(19-17-36)29-22-11-14-35(25-10-6-8-21-7-5-9-23(31)28(21)25)15-12-24(22)32-30(33-29)40-20-13-27(39)34(2)3/h4-10H,1,11-20H2,2-3H3. The van der Waals surface area contributed by atoms with Gasteiger partial charge in [0.2, 0.25) is 11.8 Å². The third-order valence-electron chi connectivity index (χ3n) is 7.58. The lowest BCUT2D eigenvalue weighted by atomic mass is 10.1. The number of piperazine rings is 1. The van der Waals surface area contributed by atoms with Gasteiger partial charge in [0.05, 0.1) is 17.1 Å². The number of carbonyl (C=O) groups excluding carboxylic acids is 2. The van der Waals surface area contributed by atoms with Gasteiger partial charge in [-0.15, -0.1) is 0 Å². The molecule has 3 aromatic rings. The minimum atomic E-state index is -0.0554. The molecule has 210 valence electrons. The van der Waals surface area contributed by atoms with Crippen LogP contribution in [0.3, 0.4) is 0 Å². The van der Waals surface area contributed by atoms with Gasteiger partial charge in [-0.2, -0.15) is 9.97 Å². The molecule has 5 rings (SSSR count). The quantitative estimate of drug-likeness (QED) is 0.407. The maximum absolute atomic E-state index is 12.1. The van der Waals surface area contributed by atoms with Crippen molar-refractivity contribution in [3.05, 3.63) is 65.3 Å². The summed E-state index contributed by atoms with van der Waals surface area (Å²) in [5.41, 5.74) is 3.17. The van der Waals surface area contributed by atoms with E-state index in [2.05, 4.69) is 40.6 Å². The highest BCUT2D eigenvalue weighted by molar-refractivity contribution is 6.36. The van der Waals surface area contributed by atoms with Gasteiger partial charge < -0.3 is 24.3 Å². The van der Waals surface area contributed by atoms with Crippen molar-refractivity contribution in [3.8, 4) is 6.01 Å². The predicted molar refractivity (Wildman–Crippen MR) is 158 cm³/mol. The Labute approximate surface area is 240 Å². The first-order chi connectivity index (χ1) is 19.4. The minimum absolute atomic E-state index is 0.0117. The molecule has 2 amide bonds. The zero-order chi connectivity index (χ0) is 28.2. The molecule has 0 radical (unpaired) electrons. The van der Waals surface area contributed by atoms with Crippen molar-refractivity contribution < 1.29 is 14.3 Å². The Bertz CT molecular complexity index is 1410. The topological polar surface area (TPSA) is 82.1 Å². The van der Waals surface area contributed by atoms with Crippen LogP contribution in [-0.4, -0.2) is 91.6 Å². The average molecular weight is 563 g/mol. The van der Waals surface area contributed by atoms with Gasteiger partial charge in [0.25, 0.3) is 0 Å². The summed E-state index contributed by atoms with van der Waals surface area (Å²) in [6, 6.07) is 12.6. The summed E-state index contributed by atoms with van der Waals surface area (Å²) in [5, 5.41) is 2.91. The second kappa shape index (κ2) is 12.1. The number of carbonyl (C=O) groups is 2. The van der Waals surface area contributed by atoms with Crippen LogP contribution in [0.2, 0.25) is 5.02 Å². The summed E-state index contributed by atoms with van der Waals surface area (Å²) in [4.78, 5) is 41.8. The van der Waals surface area contributed by atoms with E-state index in [0.29, 0.717) is 32.6 Å². The molecule has 2 aromatic carbocycles. The molecule has 0 aliphatic carbocycles. The Hall–Kier alpha value is -3.85. The third kappa shape index (κ3) is 5.84. The van der Waals surface area contributed by atoms with Gasteiger partial charge in [-0.1, -0.05) is 42.4 Å². The maximum atomic E-state index is 12.1. The largest absolute Gasteiger partial charge is 0.463 e. The smallest absolute Gasteiger partial charge is 0.318 e. The Kier molecular flexibility index (Phi) is 8.40. The number of halogens is 1. The summed E-state index contributed by atoms with van der Waals surface area (Å²) >= 11 is 6.66. The molecule has 0 atom stereocenters. The summed E-state index contributed by atoms with van der Waals surface area (Å²) < 4.78 is 5.92. The number of fused-ring (bicyclic) bond motifs is 2. The number of anilines is 2. The Morgan fingerprint density at radius 2 is 1.73 bits per heavy atom. The fourth-order valence-corrected chi connectivity index (χ4v) is 5.66. The summed E-state index contributed by atoms with van der Waals surface area (Å²) in [5.74, 6) is 0.782. The third-order valence-corrected chi connectivity index (χ3v) is 7.90. The lowest BCUT2D eigenvalue weighted by molar-refractivity contribution is -0.129. The van der Waals surface area contributed by atoms with E-state index in [9.17, 15) is 9.59 Å². The first-order valence-corrected chi connectivity index (χ1v) is 14.0. The van der Waals surface area contributed by atoms with Crippen LogP contribution in [0.25, 0.3) is 10.8 Å². The number of amides is 2.